The van der Waals surface area contributed by atoms with Crippen LogP contribution in [0.15, 0.2) is 121 Å². The second-order valence-electron chi connectivity index (χ2n) is 13.3. The number of pyridine rings is 2. The Labute approximate surface area is 340 Å². The first-order valence-corrected chi connectivity index (χ1v) is 17.6. The smallest absolute Gasteiger partial charge is 0.220 e. The summed E-state index contributed by atoms with van der Waals surface area (Å²) in [7, 11) is 4.11. The third-order valence-electron chi connectivity index (χ3n) is 9.82. The van der Waals surface area contributed by atoms with Crippen molar-refractivity contribution in [2.45, 2.75) is 0 Å². The van der Waals surface area contributed by atoms with Crippen LogP contribution in [-0.2, 0) is 18.8 Å². The predicted octanol–water partition coefficient (Wildman–Crippen LogP) is 1.09. The van der Waals surface area contributed by atoms with Crippen molar-refractivity contribution in [2.24, 2.45) is 14.1 Å². The van der Waals surface area contributed by atoms with Crippen LogP contribution >= 0.6 is 0 Å². The van der Waals surface area contributed by atoms with Gasteiger partial charge < -0.3 is 71.1 Å². The number of fused-ring (bicyclic) bond motifs is 6. The summed E-state index contributed by atoms with van der Waals surface area (Å²) in [5.41, 5.74) is 33.9. The largest absolute Gasteiger partial charge is 1.00 e. The van der Waals surface area contributed by atoms with Crippen LogP contribution in [0.1, 0.15) is 0 Å². The number of nitrogens with two attached hydrogens (primary N) is 4. The van der Waals surface area contributed by atoms with Gasteiger partial charge in [0.05, 0.1) is 45.9 Å². The number of hydrogen-bond donors (Lipinski definition) is 4. The van der Waals surface area contributed by atoms with E-state index in [4.69, 9.17) is 37.1 Å². The van der Waals surface area contributed by atoms with Gasteiger partial charge in [-0.3, -0.25) is 0 Å². The molecular formula is C44H42Br2N6O3. The second-order valence-corrected chi connectivity index (χ2v) is 13.3. The molecule has 0 saturated heterocycles. The summed E-state index contributed by atoms with van der Waals surface area (Å²) in [5, 5.41) is 6.58. The van der Waals surface area contributed by atoms with E-state index >= 15 is 0 Å². The molecule has 8 N–H and O–H groups in total. The number of benzene rings is 6. The van der Waals surface area contributed by atoms with Gasteiger partial charge in [-0.1, -0.05) is 24.3 Å². The highest BCUT2D eigenvalue weighted by Crippen LogP contribution is 2.36. The van der Waals surface area contributed by atoms with Crippen molar-refractivity contribution in [3.05, 3.63) is 121 Å². The van der Waals surface area contributed by atoms with Crippen molar-refractivity contribution in [1.82, 2.24) is 0 Å². The van der Waals surface area contributed by atoms with Crippen LogP contribution in [0, 0.1) is 0 Å². The number of anilines is 4. The molecule has 2 aromatic heterocycles. The normalized spacial score (nSPS) is 11.1. The fourth-order valence-electron chi connectivity index (χ4n) is 7.40. The van der Waals surface area contributed by atoms with Crippen LogP contribution < -0.4 is 75.5 Å². The molecule has 8 aromatic rings. The maximum Gasteiger partial charge on any atom is 0.220 e. The number of halogens is 2. The number of hydrogen-bond acceptors (Lipinski definition) is 7. The Hall–Kier alpha value is -5.62. The van der Waals surface area contributed by atoms with Gasteiger partial charge in [-0.05, 0) is 84.9 Å². The van der Waals surface area contributed by atoms with E-state index in [0.717, 1.165) is 77.4 Å². The van der Waals surface area contributed by atoms with E-state index in [1.54, 1.807) is 0 Å². The number of aryl methyl sites for hydroxylation is 2. The SMILES string of the molecule is C[n+]1c(-c2cccc(OCCOCCOc3cccc(-c4c5cc(N)ccc5c5ccc(N)cc5[n+]4C)c3)c2)c2cc(N)ccc2c2ccc(N)cc21.[Br-].[Br-]. The predicted molar refractivity (Wildman–Crippen MR) is 216 cm³/mol. The molecular weight excluding hydrogens is 820 g/mol. The van der Waals surface area contributed by atoms with E-state index in [1.165, 1.54) is 0 Å². The topological polar surface area (TPSA) is 140 Å². The van der Waals surface area contributed by atoms with E-state index in [9.17, 15) is 0 Å². The van der Waals surface area contributed by atoms with Crippen LogP contribution in [0.2, 0.25) is 0 Å². The summed E-state index contributed by atoms with van der Waals surface area (Å²) >= 11 is 0. The number of ether oxygens (including phenoxy) is 3. The van der Waals surface area contributed by atoms with Gasteiger partial charge in [-0.15, -0.1) is 0 Å². The molecule has 2 heterocycles. The van der Waals surface area contributed by atoms with Gasteiger partial charge in [0.15, 0.2) is 0 Å². The Bertz CT molecular complexity index is 2520. The molecule has 0 aliphatic rings. The van der Waals surface area contributed by atoms with Gasteiger partial charge in [-0.2, -0.15) is 9.13 Å². The Kier molecular flexibility index (Phi) is 11.7. The summed E-state index contributed by atoms with van der Waals surface area (Å²) in [6, 6.07) is 40.3. The van der Waals surface area contributed by atoms with E-state index in [-0.39, 0.29) is 34.0 Å². The van der Waals surface area contributed by atoms with Crippen molar-refractivity contribution < 1.29 is 57.3 Å². The van der Waals surface area contributed by atoms with Gasteiger partial charge in [0, 0.05) is 45.7 Å². The van der Waals surface area contributed by atoms with Crippen LogP contribution in [0.5, 0.6) is 11.5 Å². The number of aromatic nitrogens is 2. The minimum Gasteiger partial charge on any atom is -1.00 e. The minimum absolute atomic E-state index is 0. The summed E-state index contributed by atoms with van der Waals surface area (Å²) in [6.07, 6.45) is 0. The lowest BCUT2D eigenvalue weighted by Gasteiger charge is -2.13. The molecule has 8 rings (SSSR count). The lowest BCUT2D eigenvalue weighted by atomic mass is 9.98. The molecule has 0 unspecified atom stereocenters. The Morgan fingerprint density at radius 1 is 0.418 bits per heavy atom. The summed E-state index contributed by atoms with van der Waals surface area (Å²) in [6.45, 7) is 1.62. The van der Waals surface area contributed by atoms with Gasteiger partial charge in [-0.25, -0.2) is 0 Å². The maximum atomic E-state index is 6.26. The molecule has 0 atom stereocenters. The number of rotatable bonds is 10. The molecule has 0 aliphatic heterocycles. The lowest BCUT2D eigenvalue weighted by molar-refractivity contribution is -0.632. The zero-order valence-electron chi connectivity index (χ0n) is 30.6. The zero-order chi connectivity index (χ0) is 36.6. The van der Waals surface area contributed by atoms with Crippen molar-refractivity contribution in [3.8, 4) is 34.0 Å². The molecule has 11 heteroatoms. The highest BCUT2D eigenvalue weighted by Gasteiger charge is 2.23. The molecule has 280 valence electrons. The highest BCUT2D eigenvalue weighted by atomic mass is 79.9. The molecule has 9 nitrogen and oxygen atoms in total. The Balaban J connectivity index is 0.00000257. The van der Waals surface area contributed by atoms with E-state index < -0.39 is 0 Å². The highest BCUT2D eigenvalue weighted by molar-refractivity contribution is 6.11. The third-order valence-corrected chi connectivity index (χ3v) is 9.82. The molecule has 0 radical (unpaired) electrons. The van der Waals surface area contributed by atoms with Crippen molar-refractivity contribution in [1.29, 1.82) is 0 Å². The molecule has 0 fully saturated rings. The maximum absolute atomic E-state index is 6.26. The molecule has 6 aromatic carbocycles. The zero-order valence-corrected chi connectivity index (χ0v) is 33.7. The fourth-order valence-corrected chi connectivity index (χ4v) is 7.40. The molecule has 0 bridgehead atoms. The van der Waals surface area contributed by atoms with E-state index in [2.05, 4.69) is 59.6 Å². The number of nitrogens with zero attached hydrogens (tertiary/aromatic N) is 2. The van der Waals surface area contributed by atoms with Gasteiger partial charge in [0.2, 0.25) is 22.4 Å². The summed E-state index contributed by atoms with van der Waals surface area (Å²) in [4.78, 5) is 0. The molecule has 0 aliphatic carbocycles. The van der Waals surface area contributed by atoms with Gasteiger partial charge in [0.25, 0.3) is 0 Å². The van der Waals surface area contributed by atoms with Crippen LogP contribution in [0.3, 0.4) is 0 Å². The average Bonchev–Trinajstić information content (AvgIpc) is 3.15. The van der Waals surface area contributed by atoms with Crippen molar-refractivity contribution in [3.63, 3.8) is 0 Å². The average molecular weight is 863 g/mol. The molecule has 0 spiro atoms. The third kappa shape index (κ3) is 7.68. The first kappa shape index (κ1) is 39.1. The van der Waals surface area contributed by atoms with Crippen molar-refractivity contribution >= 4 is 66.1 Å². The Morgan fingerprint density at radius 3 is 1.22 bits per heavy atom. The van der Waals surface area contributed by atoms with Crippen LogP contribution in [0.4, 0.5) is 22.7 Å². The molecule has 0 amide bonds. The standard InChI is InChI=1S/C44H40N6O3.2BrH/c1-49-41-25-31(47)11-15-37(41)35-13-9-29(45)23-39(35)43(49)27-5-3-7-33(21-27)52-19-17-51-18-20-53-34-8-4-6-28(22-34)44-40-24-30(46)10-14-36(40)38-16-12-32(48)26-42(38)50(44)2;;/h3-16,21-26,47-48H,17-20,45-46H2,1-2H3;2*1H. The van der Waals surface area contributed by atoms with Crippen molar-refractivity contribution in [2.75, 3.05) is 49.4 Å². The summed E-state index contributed by atoms with van der Waals surface area (Å²) < 4.78 is 22.5. The van der Waals surface area contributed by atoms with Crippen LogP contribution in [-0.4, -0.2) is 26.4 Å². The first-order chi connectivity index (χ1) is 25.7. The quantitative estimate of drug-likeness (QED) is 0.0700. The summed E-state index contributed by atoms with van der Waals surface area (Å²) in [5.74, 6) is 1.51. The molecule has 55 heavy (non-hydrogen) atoms. The Morgan fingerprint density at radius 2 is 0.800 bits per heavy atom. The lowest BCUT2D eigenvalue weighted by Crippen LogP contribution is -3.00. The van der Waals surface area contributed by atoms with Crippen LogP contribution in [0.25, 0.3) is 65.9 Å². The number of nitrogen functional groups attached to an aromatic ring is 4. The molecule has 0 saturated carbocycles. The second kappa shape index (κ2) is 16.4. The minimum atomic E-state index is 0. The monoisotopic (exact) mass is 860 g/mol. The van der Waals surface area contributed by atoms with E-state index in [1.807, 2.05) is 84.9 Å². The fraction of sp³-hybridized carbons (Fsp3) is 0.136. The van der Waals surface area contributed by atoms with Gasteiger partial charge >= 0.3 is 0 Å². The van der Waals surface area contributed by atoms with E-state index in [0.29, 0.717) is 49.2 Å². The van der Waals surface area contributed by atoms with Gasteiger partial charge in [0.1, 0.15) is 38.8 Å². The first-order valence-electron chi connectivity index (χ1n) is 17.6.